The Morgan fingerprint density at radius 3 is 0.800 bits per heavy atom. The van der Waals surface area contributed by atoms with Crippen LogP contribution in [0.5, 0.6) is 0 Å². The van der Waals surface area contributed by atoms with Gasteiger partial charge in [-0.1, -0.05) is 0 Å². The molecule has 0 spiro atoms. The fourth-order valence-electron chi connectivity index (χ4n) is 1.36. The van der Waals surface area contributed by atoms with E-state index in [1.54, 1.807) is 0 Å². The van der Waals surface area contributed by atoms with Gasteiger partial charge in [-0.25, -0.2) is 4.39 Å². The molecule has 120 valence electrons. The summed E-state index contributed by atoms with van der Waals surface area (Å²) in [6, 6.07) is 0. The highest BCUT2D eigenvalue weighted by Crippen LogP contribution is 2.66. The van der Waals surface area contributed by atoms with Gasteiger partial charge < -0.3 is 0 Å². The van der Waals surface area contributed by atoms with E-state index < -0.39 is 41.7 Å². The molecule has 1 fully saturated rings. The van der Waals surface area contributed by atoms with Crippen LogP contribution in [0.15, 0.2) is 0 Å². The summed E-state index contributed by atoms with van der Waals surface area (Å²) in [6.45, 7) is 0. The van der Waals surface area contributed by atoms with E-state index in [9.17, 15) is 57.1 Å². The molecule has 0 aliphatic heterocycles. The maximum absolute atomic E-state index is 12.6. The molecule has 1 rings (SSSR count). The van der Waals surface area contributed by atoms with Crippen molar-refractivity contribution in [2.75, 3.05) is 0 Å². The molecule has 1 aliphatic carbocycles. The monoisotopic (exact) mass is 332 g/mol. The normalized spacial score (nSPS) is 33.5. The lowest BCUT2D eigenvalue weighted by molar-refractivity contribution is -0.397. The van der Waals surface area contributed by atoms with Crippen molar-refractivity contribution in [3.05, 3.63) is 0 Å². The first-order chi connectivity index (χ1) is 8.40. The van der Waals surface area contributed by atoms with E-state index in [1.165, 1.54) is 0 Å². The van der Waals surface area contributed by atoms with Crippen LogP contribution >= 0.6 is 0 Å². The highest BCUT2D eigenvalue weighted by molar-refractivity contribution is 5.20. The van der Waals surface area contributed by atoms with Gasteiger partial charge in [-0.2, -0.15) is 52.7 Å². The molecule has 0 N–H and O–H groups in total. The number of hydrogen-bond donors (Lipinski definition) is 0. The van der Waals surface area contributed by atoms with Crippen LogP contribution in [0.2, 0.25) is 0 Å². The maximum atomic E-state index is 12.6. The van der Waals surface area contributed by atoms with Crippen molar-refractivity contribution in [2.24, 2.45) is 0 Å². The largest absolute Gasteiger partial charge is 0.384 e. The molecule has 0 atom stereocenters. The molecule has 0 amide bonds. The van der Waals surface area contributed by atoms with E-state index >= 15 is 0 Å². The predicted molar refractivity (Wildman–Crippen MR) is 34.6 cm³/mol. The van der Waals surface area contributed by atoms with Gasteiger partial charge in [-0.15, -0.1) is 0 Å². The summed E-state index contributed by atoms with van der Waals surface area (Å²) in [6.07, 6.45) is -5.96. The van der Waals surface area contributed by atoms with Crippen molar-refractivity contribution in [3.8, 4) is 0 Å². The fourth-order valence-corrected chi connectivity index (χ4v) is 1.36. The van der Waals surface area contributed by atoms with Crippen LogP contribution in [0.4, 0.5) is 57.1 Å². The lowest BCUT2D eigenvalue weighted by atomic mass is 9.99. The van der Waals surface area contributed by atoms with E-state index in [0.29, 0.717) is 0 Å². The second-order valence-electron chi connectivity index (χ2n) is 3.91. The Morgan fingerprint density at radius 2 is 0.600 bits per heavy atom. The van der Waals surface area contributed by atoms with Crippen molar-refractivity contribution in [1.82, 2.24) is 0 Å². The Labute approximate surface area is 100 Å². The molecule has 0 bridgehead atoms. The topological polar surface area (TPSA) is 0 Å². The molecular formula is C7HF13. The summed E-state index contributed by atoms with van der Waals surface area (Å²) in [5.74, 6) is -44.5. The molecule has 0 aromatic heterocycles. The Morgan fingerprint density at radius 1 is 0.400 bits per heavy atom. The number of rotatable bonds is 0. The summed E-state index contributed by atoms with van der Waals surface area (Å²) < 4.78 is 163. The number of hydrogen-bond acceptors (Lipinski definition) is 0. The molecule has 1 aliphatic rings. The third-order valence-corrected chi connectivity index (χ3v) is 2.66. The van der Waals surface area contributed by atoms with Gasteiger partial charge in [-0.3, -0.25) is 0 Å². The molecule has 1 saturated carbocycles. The fraction of sp³-hybridized carbons (Fsp3) is 1.00. The smallest absolute Gasteiger partial charge is 0.234 e. The summed E-state index contributed by atoms with van der Waals surface area (Å²) in [5, 5.41) is 0. The maximum Gasteiger partial charge on any atom is 0.384 e. The molecule has 0 radical (unpaired) electrons. The molecule has 0 nitrogen and oxygen atoms in total. The SMILES string of the molecule is FC1C(F)(F)C(F)(F)C(F)(F)C(F)(F)C(F)(F)C1(F)F. The summed E-state index contributed by atoms with van der Waals surface area (Å²) in [4.78, 5) is 0. The zero-order chi connectivity index (χ0) is 16.6. The second-order valence-corrected chi connectivity index (χ2v) is 3.91. The van der Waals surface area contributed by atoms with Gasteiger partial charge in [-0.05, 0) is 0 Å². The first kappa shape index (κ1) is 17.1. The molecule has 0 saturated heterocycles. The number of halogens is 13. The average Bonchev–Trinajstić information content (AvgIpc) is 2.25. The van der Waals surface area contributed by atoms with Gasteiger partial charge in [0.15, 0.2) is 0 Å². The zero-order valence-corrected chi connectivity index (χ0v) is 8.49. The van der Waals surface area contributed by atoms with Gasteiger partial charge >= 0.3 is 35.5 Å². The van der Waals surface area contributed by atoms with Crippen LogP contribution in [0, 0.1) is 0 Å². The van der Waals surface area contributed by atoms with E-state index in [4.69, 9.17) is 0 Å². The van der Waals surface area contributed by atoms with Crippen LogP contribution < -0.4 is 0 Å². The Bertz CT molecular complexity index is 369. The minimum Gasteiger partial charge on any atom is -0.234 e. The molecule has 0 heterocycles. The third kappa shape index (κ3) is 1.41. The zero-order valence-electron chi connectivity index (χ0n) is 8.49. The van der Waals surface area contributed by atoms with E-state index in [1.807, 2.05) is 0 Å². The standard InChI is InChI=1S/C7HF13/c8-1-2(9,10)4(13,14)6(17,18)7(19,20)5(15,16)3(1,11)12/h1H. The van der Waals surface area contributed by atoms with E-state index in [2.05, 4.69) is 0 Å². The van der Waals surface area contributed by atoms with Crippen molar-refractivity contribution in [2.45, 2.75) is 41.7 Å². The summed E-state index contributed by atoms with van der Waals surface area (Å²) >= 11 is 0. The quantitative estimate of drug-likeness (QED) is 0.462. The molecule has 20 heavy (non-hydrogen) atoms. The first-order valence-corrected chi connectivity index (χ1v) is 4.31. The minimum absolute atomic E-state index is 5.96. The average molecular weight is 332 g/mol. The molecule has 13 heteroatoms. The molecule has 0 aromatic carbocycles. The van der Waals surface area contributed by atoms with Crippen molar-refractivity contribution in [1.29, 1.82) is 0 Å². The molecule has 0 unspecified atom stereocenters. The summed E-state index contributed by atoms with van der Waals surface area (Å²) in [5.41, 5.74) is 0. The van der Waals surface area contributed by atoms with Gasteiger partial charge in [0.2, 0.25) is 6.17 Å². The number of alkyl halides is 13. The van der Waals surface area contributed by atoms with Crippen LogP contribution in [-0.2, 0) is 0 Å². The van der Waals surface area contributed by atoms with Crippen molar-refractivity contribution in [3.63, 3.8) is 0 Å². The van der Waals surface area contributed by atoms with Gasteiger partial charge in [0.25, 0.3) is 0 Å². The third-order valence-electron chi connectivity index (χ3n) is 2.66. The van der Waals surface area contributed by atoms with Crippen LogP contribution in [0.25, 0.3) is 0 Å². The highest BCUT2D eigenvalue weighted by atomic mass is 19.4. The Kier molecular flexibility index (Phi) is 3.12. The van der Waals surface area contributed by atoms with Crippen LogP contribution in [0.3, 0.4) is 0 Å². The molecular weight excluding hydrogens is 331 g/mol. The van der Waals surface area contributed by atoms with Gasteiger partial charge in [0.05, 0.1) is 0 Å². The van der Waals surface area contributed by atoms with Crippen LogP contribution in [-0.4, -0.2) is 41.7 Å². The minimum atomic E-state index is -7.63. The van der Waals surface area contributed by atoms with Crippen molar-refractivity contribution >= 4 is 0 Å². The van der Waals surface area contributed by atoms with Gasteiger partial charge in [0.1, 0.15) is 0 Å². The second kappa shape index (κ2) is 3.64. The first-order valence-electron chi connectivity index (χ1n) is 4.31. The van der Waals surface area contributed by atoms with E-state index in [0.717, 1.165) is 0 Å². The predicted octanol–water partition coefficient (Wildman–Crippen LogP) is 4.15. The lowest BCUT2D eigenvalue weighted by Gasteiger charge is -2.35. The molecule has 0 aromatic rings. The Hall–Kier alpha value is -0.910. The van der Waals surface area contributed by atoms with Crippen molar-refractivity contribution < 1.29 is 57.1 Å². The Balaban J connectivity index is 3.83. The van der Waals surface area contributed by atoms with E-state index in [-0.39, 0.29) is 0 Å². The summed E-state index contributed by atoms with van der Waals surface area (Å²) in [7, 11) is 0. The highest BCUT2D eigenvalue weighted by Gasteiger charge is 2.97. The van der Waals surface area contributed by atoms with Gasteiger partial charge in [0, 0.05) is 0 Å². The lowest BCUT2D eigenvalue weighted by Crippen LogP contribution is -2.66. The van der Waals surface area contributed by atoms with Crippen LogP contribution in [0.1, 0.15) is 0 Å².